The Balaban J connectivity index is 2.04. The Morgan fingerprint density at radius 2 is 1.89 bits per heavy atom. The second-order valence-electron chi connectivity index (χ2n) is 5.54. The topological polar surface area (TPSA) is 29.3 Å². The van der Waals surface area contributed by atoms with Crippen molar-refractivity contribution in [3.8, 4) is 0 Å². The molecule has 1 fully saturated rings. The summed E-state index contributed by atoms with van der Waals surface area (Å²) < 4.78 is 1.15. The van der Waals surface area contributed by atoms with Gasteiger partial charge in [0.05, 0.1) is 0 Å². The van der Waals surface area contributed by atoms with Crippen LogP contribution in [-0.4, -0.2) is 24.0 Å². The summed E-state index contributed by atoms with van der Waals surface area (Å²) >= 11 is 3.50. The van der Waals surface area contributed by atoms with Crippen LogP contribution in [-0.2, 0) is 6.54 Å². The summed E-state index contributed by atoms with van der Waals surface area (Å²) in [5.41, 5.74) is 7.36. The Morgan fingerprint density at radius 3 is 2.53 bits per heavy atom. The summed E-state index contributed by atoms with van der Waals surface area (Å²) in [6.45, 7) is 5.25. The highest BCUT2D eigenvalue weighted by atomic mass is 79.9. The van der Waals surface area contributed by atoms with E-state index in [1.54, 1.807) is 0 Å². The average Bonchev–Trinajstić information content (AvgIpc) is 2.46. The highest BCUT2D eigenvalue weighted by molar-refractivity contribution is 9.10. The van der Waals surface area contributed by atoms with E-state index in [1.165, 1.54) is 31.2 Å². The molecule has 0 amide bonds. The van der Waals surface area contributed by atoms with Gasteiger partial charge in [-0.3, -0.25) is 4.90 Å². The molecule has 2 N–H and O–H groups in total. The minimum atomic E-state index is 0.674. The van der Waals surface area contributed by atoms with E-state index >= 15 is 0 Å². The zero-order valence-corrected chi connectivity index (χ0v) is 13.4. The van der Waals surface area contributed by atoms with E-state index in [9.17, 15) is 0 Å². The highest BCUT2D eigenvalue weighted by Crippen LogP contribution is 2.29. The zero-order valence-electron chi connectivity index (χ0n) is 11.8. The van der Waals surface area contributed by atoms with Crippen LogP contribution in [0, 0.1) is 5.92 Å². The minimum Gasteiger partial charge on any atom is -0.330 e. The lowest BCUT2D eigenvalue weighted by atomic mass is 9.83. The van der Waals surface area contributed by atoms with Crippen LogP contribution in [0.15, 0.2) is 28.7 Å². The lowest BCUT2D eigenvalue weighted by Gasteiger charge is -2.39. The van der Waals surface area contributed by atoms with E-state index < -0.39 is 0 Å². The normalized spacial score (nSPS) is 23.8. The molecule has 2 unspecified atom stereocenters. The van der Waals surface area contributed by atoms with E-state index in [0.29, 0.717) is 12.0 Å². The molecule has 2 atom stereocenters. The molecule has 0 saturated heterocycles. The second-order valence-corrected chi connectivity index (χ2v) is 6.45. The van der Waals surface area contributed by atoms with Crippen molar-refractivity contribution in [1.82, 2.24) is 4.90 Å². The van der Waals surface area contributed by atoms with Crippen LogP contribution in [0.5, 0.6) is 0 Å². The molecule has 1 aliphatic rings. The van der Waals surface area contributed by atoms with E-state index in [2.05, 4.69) is 52.0 Å². The molecule has 1 aliphatic carbocycles. The van der Waals surface area contributed by atoms with Crippen LogP contribution in [0.2, 0.25) is 0 Å². The number of hydrogen-bond donors (Lipinski definition) is 1. The number of hydrogen-bond acceptors (Lipinski definition) is 2. The Morgan fingerprint density at radius 1 is 1.21 bits per heavy atom. The van der Waals surface area contributed by atoms with Gasteiger partial charge in [-0.05, 0) is 49.5 Å². The van der Waals surface area contributed by atoms with Crippen molar-refractivity contribution in [1.29, 1.82) is 0 Å². The molecule has 1 saturated carbocycles. The Kier molecular flexibility index (Phi) is 5.86. The summed E-state index contributed by atoms with van der Waals surface area (Å²) in [7, 11) is 0. The Bertz CT molecular complexity index is 377. The minimum absolute atomic E-state index is 0.674. The molecule has 0 aromatic heterocycles. The first-order chi connectivity index (χ1) is 9.24. The fourth-order valence-electron chi connectivity index (χ4n) is 3.23. The van der Waals surface area contributed by atoms with Crippen LogP contribution in [0.1, 0.15) is 38.2 Å². The third kappa shape index (κ3) is 4.04. The summed E-state index contributed by atoms with van der Waals surface area (Å²) in [4.78, 5) is 2.61. The maximum absolute atomic E-state index is 5.97. The number of benzene rings is 1. The standard InChI is InChI=1S/C16H25BrN2/c1-2-19(12-13-7-9-15(17)10-8-13)16-6-4-3-5-14(16)11-18/h7-10,14,16H,2-6,11-12,18H2,1H3. The lowest BCUT2D eigenvalue weighted by molar-refractivity contribution is 0.105. The van der Waals surface area contributed by atoms with Crippen LogP contribution in [0.4, 0.5) is 0 Å². The average molecular weight is 325 g/mol. The van der Waals surface area contributed by atoms with Gasteiger partial charge in [-0.25, -0.2) is 0 Å². The molecule has 1 aromatic carbocycles. The molecule has 3 heteroatoms. The van der Waals surface area contributed by atoms with Crippen molar-refractivity contribution < 1.29 is 0 Å². The largest absolute Gasteiger partial charge is 0.330 e. The van der Waals surface area contributed by atoms with E-state index in [0.717, 1.165) is 24.1 Å². The fourth-order valence-corrected chi connectivity index (χ4v) is 3.50. The predicted molar refractivity (Wildman–Crippen MR) is 85.0 cm³/mol. The lowest BCUT2D eigenvalue weighted by Crippen LogP contribution is -2.44. The molecule has 106 valence electrons. The maximum atomic E-state index is 5.97. The van der Waals surface area contributed by atoms with E-state index in [-0.39, 0.29) is 0 Å². The van der Waals surface area contributed by atoms with Crippen LogP contribution in [0.3, 0.4) is 0 Å². The molecule has 0 spiro atoms. The smallest absolute Gasteiger partial charge is 0.0236 e. The first-order valence-electron chi connectivity index (χ1n) is 7.43. The first kappa shape index (κ1) is 15.0. The van der Waals surface area contributed by atoms with Crippen LogP contribution >= 0.6 is 15.9 Å². The summed E-state index contributed by atoms with van der Waals surface area (Å²) in [5, 5.41) is 0. The summed E-state index contributed by atoms with van der Waals surface area (Å²) in [5.74, 6) is 0.684. The number of halogens is 1. The molecule has 19 heavy (non-hydrogen) atoms. The molecular formula is C16H25BrN2. The van der Waals surface area contributed by atoms with Crippen molar-refractivity contribution in [2.75, 3.05) is 13.1 Å². The van der Waals surface area contributed by atoms with Crippen LogP contribution < -0.4 is 5.73 Å². The van der Waals surface area contributed by atoms with Crippen molar-refractivity contribution in [3.63, 3.8) is 0 Å². The quantitative estimate of drug-likeness (QED) is 0.892. The van der Waals surface area contributed by atoms with E-state index in [1.807, 2.05) is 0 Å². The van der Waals surface area contributed by atoms with Gasteiger partial charge in [-0.1, -0.05) is 47.8 Å². The Labute approximate surface area is 125 Å². The van der Waals surface area contributed by atoms with Gasteiger partial charge >= 0.3 is 0 Å². The van der Waals surface area contributed by atoms with Gasteiger partial charge in [0, 0.05) is 17.1 Å². The van der Waals surface area contributed by atoms with Crippen molar-refractivity contribution in [2.45, 2.75) is 45.2 Å². The maximum Gasteiger partial charge on any atom is 0.0236 e. The van der Waals surface area contributed by atoms with Crippen LogP contribution in [0.25, 0.3) is 0 Å². The SMILES string of the molecule is CCN(Cc1ccc(Br)cc1)C1CCCCC1CN. The summed E-state index contributed by atoms with van der Waals surface area (Å²) in [6, 6.07) is 9.36. The highest BCUT2D eigenvalue weighted by Gasteiger charge is 2.28. The third-order valence-electron chi connectivity index (χ3n) is 4.35. The van der Waals surface area contributed by atoms with Crippen molar-refractivity contribution in [3.05, 3.63) is 34.3 Å². The van der Waals surface area contributed by atoms with Crippen molar-refractivity contribution in [2.24, 2.45) is 11.7 Å². The molecule has 0 radical (unpaired) electrons. The number of nitrogens with zero attached hydrogens (tertiary/aromatic N) is 1. The predicted octanol–water partition coefficient (Wildman–Crippen LogP) is 3.79. The first-order valence-corrected chi connectivity index (χ1v) is 8.22. The summed E-state index contributed by atoms with van der Waals surface area (Å²) in [6.07, 6.45) is 5.33. The monoisotopic (exact) mass is 324 g/mol. The zero-order chi connectivity index (χ0) is 13.7. The Hall–Kier alpha value is -0.380. The van der Waals surface area contributed by atoms with Gasteiger partial charge in [0.25, 0.3) is 0 Å². The van der Waals surface area contributed by atoms with E-state index in [4.69, 9.17) is 5.73 Å². The van der Waals surface area contributed by atoms with Gasteiger partial charge < -0.3 is 5.73 Å². The molecular weight excluding hydrogens is 300 g/mol. The third-order valence-corrected chi connectivity index (χ3v) is 4.87. The van der Waals surface area contributed by atoms with Gasteiger partial charge in [-0.2, -0.15) is 0 Å². The molecule has 0 aliphatic heterocycles. The van der Waals surface area contributed by atoms with Gasteiger partial charge in [0.2, 0.25) is 0 Å². The van der Waals surface area contributed by atoms with Gasteiger partial charge in [0.15, 0.2) is 0 Å². The molecule has 1 aromatic rings. The number of rotatable bonds is 5. The molecule has 0 heterocycles. The molecule has 2 rings (SSSR count). The molecule has 2 nitrogen and oxygen atoms in total. The second kappa shape index (κ2) is 7.41. The van der Waals surface area contributed by atoms with Crippen molar-refractivity contribution >= 4 is 15.9 Å². The fraction of sp³-hybridized carbons (Fsp3) is 0.625. The van der Waals surface area contributed by atoms with Gasteiger partial charge in [0.1, 0.15) is 0 Å². The number of nitrogens with two attached hydrogens (primary N) is 1. The molecule has 0 bridgehead atoms. The van der Waals surface area contributed by atoms with Gasteiger partial charge in [-0.15, -0.1) is 0 Å².